The fourth-order valence-electron chi connectivity index (χ4n) is 0.621. The molecule has 0 heterocycles. The predicted molar refractivity (Wildman–Crippen MR) is 34.2 cm³/mol. The molecule has 2 atom stereocenters. The Morgan fingerprint density at radius 1 is 1.70 bits per heavy atom. The Balaban J connectivity index is 3.72. The minimum Gasteiger partial charge on any atom is -0.393 e. The van der Waals surface area contributed by atoms with Gasteiger partial charge in [0.2, 0.25) is 6.04 Å². The highest BCUT2D eigenvalue weighted by Gasteiger charge is 2.20. The van der Waals surface area contributed by atoms with Crippen molar-refractivity contribution in [3.8, 4) is 0 Å². The molecule has 0 amide bonds. The third-order valence-corrected chi connectivity index (χ3v) is 1.12. The fourth-order valence-corrected chi connectivity index (χ4v) is 0.621. The van der Waals surface area contributed by atoms with Gasteiger partial charge >= 0.3 is 0 Å². The monoisotopic (exact) mass is 149 g/mol. The SMILES string of the molecule is CC(O)CC(CO)[N+](=O)[O-]. The van der Waals surface area contributed by atoms with Crippen molar-refractivity contribution in [2.75, 3.05) is 6.61 Å². The van der Waals surface area contributed by atoms with Crippen LogP contribution in [0, 0.1) is 10.1 Å². The van der Waals surface area contributed by atoms with Crippen molar-refractivity contribution in [2.45, 2.75) is 25.5 Å². The topological polar surface area (TPSA) is 83.6 Å². The molecule has 0 saturated carbocycles. The molecule has 0 aromatic carbocycles. The number of aliphatic hydroxyl groups is 2. The quantitative estimate of drug-likeness (QED) is 0.412. The summed E-state index contributed by atoms with van der Waals surface area (Å²) < 4.78 is 0. The Morgan fingerprint density at radius 3 is 2.30 bits per heavy atom. The summed E-state index contributed by atoms with van der Waals surface area (Å²) in [5.74, 6) is 0. The van der Waals surface area contributed by atoms with Crippen molar-refractivity contribution < 1.29 is 15.1 Å². The Labute approximate surface area is 58.4 Å². The average Bonchev–Trinajstić information content (AvgIpc) is 1.81. The van der Waals surface area contributed by atoms with Crippen molar-refractivity contribution in [3.63, 3.8) is 0 Å². The molecule has 0 saturated heterocycles. The second kappa shape index (κ2) is 4.19. The molecule has 0 bridgehead atoms. The maximum atomic E-state index is 10.0. The third kappa shape index (κ3) is 3.37. The first-order valence-electron chi connectivity index (χ1n) is 3.00. The van der Waals surface area contributed by atoms with Gasteiger partial charge in [0, 0.05) is 11.3 Å². The van der Waals surface area contributed by atoms with Crippen molar-refractivity contribution in [3.05, 3.63) is 10.1 Å². The summed E-state index contributed by atoms with van der Waals surface area (Å²) in [6.45, 7) is 0.935. The van der Waals surface area contributed by atoms with E-state index in [9.17, 15) is 10.1 Å². The van der Waals surface area contributed by atoms with Crippen molar-refractivity contribution in [1.82, 2.24) is 0 Å². The van der Waals surface area contributed by atoms with Gasteiger partial charge in [-0.25, -0.2) is 0 Å². The summed E-state index contributed by atoms with van der Waals surface area (Å²) in [4.78, 5) is 9.41. The van der Waals surface area contributed by atoms with E-state index in [1.54, 1.807) is 0 Å². The molecule has 2 unspecified atom stereocenters. The van der Waals surface area contributed by atoms with Gasteiger partial charge < -0.3 is 10.2 Å². The average molecular weight is 149 g/mol. The van der Waals surface area contributed by atoms with Crippen LogP contribution < -0.4 is 0 Å². The lowest BCUT2D eigenvalue weighted by atomic mass is 10.1. The maximum Gasteiger partial charge on any atom is 0.238 e. The lowest BCUT2D eigenvalue weighted by molar-refractivity contribution is -0.528. The molecule has 0 aromatic rings. The zero-order valence-corrected chi connectivity index (χ0v) is 5.73. The fraction of sp³-hybridized carbons (Fsp3) is 1.00. The van der Waals surface area contributed by atoms with Crippen LogP contribution >= 0.6 is 0 Å². The van der Waals surface area contributed by atoms with Gasteiger partial charge in [0.1, 0.15) is 6.61 Å². The molecule has 0 aliphatic rings. The van der Waals surface area contributed by atoms with Crippen molar-refractivity contribution in [1.29, 1.82) is 0 Å². The van der Waals surface area contributed by atoms with E-state index in [0.29, 0.717) is 0 Å². The van der Waals surface area contributed by atoms with Gasteiger partial charge in [0.25, 0.3) is 0 Å². The van der Waals surface area contributed by atoms with Gasteiger partial charge in [0.15, 0.2) is 0 Å². The lowest BCUT2D eigenvalue weighted by Gasteiger charge is -2.06. The van der Waals surface area contributed by atoms with Crippen LogP contribution in [0.5, 0.6) is 0 Å². The summed E-state index contributed by atoms with van der Waals surface area (Å²) in [5, 5.41) is 27.1. The van der Waals surface area contributed by atoms with E-state index < -0.39 is 23.7 Å². The Bertz CT molecular complexity index is 114. The smallest absolute Gasteiger partial charge is 0.238 e. The normalized spacial score (nSPS) is 16.3. The van der Waals surface area contributed by atoms with Crippen LogP contribution in [0.15, 0.2) is 0 Å². The highest BCUT2D eigenvalue weighted by molar-refractivity contribution is 4.58. The van der Waals surface area contributed by atoms with Gasteiger partial charge in [-0.05, 0) is 6.92 Å². The first-order chi connectivity index (χ1) is 4.57. The van der Waals surface area contributed by atoms with Gasteiger partial charge in [-0.1, -0.05) is 0 Å². The molecule has 0 spiro atoms. The van der Waals surface area contributed by atoms with Crippen molar-refractivity contribution in [2.24, 2.45) is 0 Å². The number of hydrogen-bond donors (Lipinski definition) is 2. The van der Waals surface area contributed by atoms with E-state index >= 15 is 0 Å². The molecule has 5 heteroatoms. The van der Waals surface area contributed by atoms with E-state index in [1.165, 1.54) is 6.92 Å². The summed E-state index contributed by atoms with van der Waals surface area (Å²) in [6.07, 6.45) is -0.730. The lowest BCUT2D eigenvalue weighted by Crippen LogP contribution is -2.27. The standard InChI is InChI=1S/C5H11NO4/c1-4(8)2-5(3-7)6(9)10/h4-5,7-8H,2-3H2,1H3. The number of nitro groups is 1. The van der Waals surface area contributed by atoms with Gasteiger partial charge in [-0.2, -0.15) is 0 Å². The van der Waals surface area contributed by atoms with Gasteiger partial charge in [-0.3, -0.25) is 10.1 Å². The van der Waals surface area contributed by atoms with Crippen molar-refractivity contribution >= 4 is 0 Å². The number of aliphatic hydroxyl groups excluding tert-OH is 2. The van der Waals surface area contributed by atoms with Gasteiger partial charge in [-0.15, -0.1) is 0 Å². The Kier molecular flexibility index (Phi) is 3.90. The van der Waals surface area contributed by atoms with Crippen LogP contribution in [0.1, 0.15) is 13.3 Å². The molecule has 0 rings (SSSR count). The largest absolute Gasteiger partial charge is 0.393 e. The molecular formula is C5H11NO4. The summed E-state index contributed by atoms with van der Waals surface area (Å²) in [5.41, 5.74) is 0. The molecule has 10 heavy (non-hydrogen) atoms. The molecule has 0 aromatic heterocycles. The highest BCUT2D eigenvalue weighted by Crippen LogP contribution is 1.99. The van der Waals surface area contributed by atoms with E-state index in [2.05, 4.69) is 0 Å². The van der Waals surface area contributed by atoms with Crippen LogP contribution in [0.2, 0.25) is 0 Å². The van der Waals surface area contributed by atoms with E-state index in [1.807, 2.05) is 0 Å². The zero-order valence-electron chi connectivity index (χ0n) is 5.73. The van der Waals surface area contributed by atoms with E-state index in [0.717, 1.165) is 0 Å². The van der Waals surface area contributed by atoms with Gasteiger partial charge in [0.05, 0.1) is 6.10 Å². The Hall–Kier alpha value is -0.680. The van der Waals surface area contributed by atoms with E-state index in [4.69, 9.17) is 10.2 Å². The van der Waals surface area contributed by atoms with Crippen LogP contribution in [-0.4, -0.2) is 33.9 Å². The van der Waals surface area contributed by atoms with Crippen LogP contribution in [0.25, 0.3) is 0 Å². The number of rotatable bonds is 4. The summed E-state index contributed by atoms with van der Waals surface area (Å²) >= 11 is 0. The minimum absolute atomic E-state index is 0.00347. The molecular weight excluding hydrogens is 138 g/mol. The second-order valence-electron chi connectivity index (χ2n) is 2.21. The molecule has 60 valence electrons. The molecule has 0 fully saturated rings. The molecule has 2 N–H and O–H groups in total. The highest BCUT2D eigenvalue weighted by atomic mass is 16.6. The molecule has 0 aliphatic heterocycles. The molecule has 0 radical (unpaired) electrons. The van der Waals surface area contributed by atoms with Crippen LogP contribution in [0.3, 0.4) is 0 Å². The minimum atomic E-state index is -1.03. The first-order valence-corrected chi connectivity index (χ1v) is 3.00. The van der Waals surface area contributed by atoms with Crippen LogP contribution in [0.4, 0.5) is 0 Å². The Morgan fingerprint density at radius 2 is 2.20 bits per heavy atom. The molecule has 5 nitrogen and oxygen atoms in total. The van der Waals surface area contributed by atoms with E-state index in [-0.39, 0.29) is 6.42 Å². The number of nitrogens with zero attached hydrogens (tertiary/aromatic N) is 1. The zero-order chi connectivity index (χ0) is 8.15. The number of hydrogen-bond acceptors (Lipinski definition) is 4. The maximum absolute atomic E-state index is 10.0. The predicted octanol–water partition coefficient (Wildman–Crippen LogP) is -0.605. The summed E-state index contributed by atoms with van der Waals surface area (Å²) in [6, 6.07) is -1.03. The molecule has 0 aliphatic carbocycles. The van der Waals surface area contributed by atoms with Crippen LogP contribution in [-0.2, 0) is 0 Å². The second-order valence-corrected chi connectivity index (χ2v) is 2.21. The third-order valence-electron chi connectivity index (χ3n) is 1.12. The first kappa shape index (κ1) is 9.32. The summed E-state index contributed by atoms with van der Waals surface area (Å²) in [7, 11) is 0.